The van der Waals surface area contributed by atoms with Gasteiger partial charge in [0.05, 0.1) is 27.5 Å². The Balaban J connectivity index is 1.72. The lowest BCUT2D eigenvalue weighted by Crippen LogP contribution is -2.26. The van der Waals surface area contributed by atoms with Crippen LogP contribution >= 0.6 is 23.2 Å². The van der Waals surface area contributed by atoms with Crippen LogP contribution in [0.5, 0.6) is 11.5 Å². The SMILES string of the molecule is Cc1nc2cccc(NCc3cc(Cl)c(O)c(Cl)c3)c2c(=O)n1Cc1ccccc1OC(F)(F)F. The number of para-hydroxylation sites is 1. The Morgan fingerprint density at radius 3 is 2.46 bits per heavy atom. The van der Waals surface area contributed by atoms with Gasteiger partial charge in [0.2, 0.25) is 0 Å². The summed E-state index contributed by atoms with van der Waals surface area (Å²) in [5, 5.41) is 13.3. The minimum Gasteiger partial charge on any atom is -0.505 e. The van der Waals surface area contributed by atoms with E-state index >= 15 is 0 Å². The molecule has 1 heterocycles. The fraction of sp³-hybridized carbons (Fsp3) is 0.167. The van der Waals surface area contributed by atoms with Crippen molar-refractivity contribution in [3.63, 3.8) is 0 Å². The van der Waals surface area contributed by atoms with E-state index in [4.69, 9.17) is 23.2 Å². The molecule has 0 spiro atoms. The molecule has 35 heavy (non-hydrogen) atoms. The lowest BCUT2D eigenvalue weighted by Gasteiger charge is -2.17. The predicted octanol–water partition coefficient (Wildman–Crippen LogP) is 6.28. The van der Waals surface area contributed by atoms with Crippen LogP contribution in [0.4, 0.5) is 18.9 Å². The predicted molar refractivity (Wildman–Crippen MR) is 128 cm³/mol. The summed E-state index contributed by atoms with van der Waals surface area (Å²) >= 11 is 12.0. The second-order valence-corrected chi connectivity index (χ2v) is 8.48. The number of ether oxygens (including phenoxy) is 1. The van der Waals surface area contributed by atoms with E-state index in [1.807, 2.05) is 0 Å². The fourth-order valence-electron chi connectivity index (χ4n) is 3.65. The van der Waals surface area contributed by atoms with Crippen molar-refractivity contribution in [2.24, 2.45) is 0 Å². The molecule has 0 fully saturated rings. The van der Waals surface area contributed by atoms with Crippen molar-refractivity contribution in [3.05, 3.63) is 91.9 Å². The van der Waals surface area contributed by atoms with Crippen molar-refractivity contribution in [2.45, 2.75) is 26.4 Å². The van der Waals surface area contributed by atoms with E-state index < -0.39 is 11.9 Å². The van der Waals surface area contributed by atoms with Gasteiger partial charge in [-0.15, -0.1) is 13.2 Å². The third-order valence-electron chi connectivity index (χ3n) is 5.26. The summed E-state index contributed by atoms with van der Waals surface area (Å²) in [6, 6.07) is 13.8. The van der Waals surface area contributed by atoms with Crippen LogP contribution in [0, 0.1) is 6.92 Å². The van der Waals surface area contributed by atoms with Crippen LogP contribution in [-0.4, -0.2) is 21.0 Å². The number of hydrogen-bond donors (Lipinski definition) is 2. The van der Waals surface area contributed by atoms with Gasteiger partial charge in [0.15, 0.2) is 5.75 Å². The number of nitrogens with one attached hydrogen (secondary N) is 1. The molecule has 0 atom stereocenters. The Kier molecular flexibility index (Phi) is 6.82. The largest absolute Gasteiger partial charge is 0.573 e. The first-order valence-electron chi connectivity index (χ1n) is 10.3. The molecule has 0 saturated carbocycles. The van der Waals surface area contributed by atoms with E-state index in [0.717, 1.165) is 0 Å². The average molecular weight is 524 g/mol. The first-order valence-corrected chi connectivity index (χ1v) is 11.0. The summed E-state index contributed by atoms with van der Waals surface area (Å²) < 4.78 is 43.9. The number of benzene rings is 3. The van der Waals surface area contributed by atoms with Gasteiger partial charge in [-0.1, -0.05) is 47.5 Å². The highest BCUT2D eigenvalue weighted by Gasteiger charge is 2.32. The third kappa shape index (κ3) is 5.47. The molecule has 0 radical (unpaired) electrons. The maximum absolute atomic E-state index is 13.5. The normalized spacial score (nSPS) is 11.6. The summed E-state index contributed by atoms with van der Waals surface area (Å²) in [7, 11) is 0. The molecule has 0 amide bonds. The molecule has 3 aromatic carbocycles. The Morgan fingerprint density at radius 1 is 1.09 bits per heavy atom. The lowest BCUT2D eigenvalue weighted by molar-refractivity contribution is -0.274. The number of phenols is 1. The number of alkyl halides is 3. The molecule has 4 rings (SSSR count). The first kappa shape index (κ1) is 24.7. The molecule has 0 aliphatic rings. The first-order chi connectivity index (χ1) is 16.5. The zero-order valence-electron chi connectivity index (χ0n) is 18.2. The second-order valence-electron chi connectivity index (χ2n) is 7.67. The lowest BCUT2D eigenvalue weighted by atomic mass is 10.1. The Morgan fingerprint density at radius 2 is 1.77 bits per heavy atom. The third-order valence-corrected chi connectivity index (χ3v) is 5.84. The standard InChI is InChI=1S/C24H18Cl2F3N3O3/c1-13-31-19-7-4-6-18(30-11-14-9-16(25)22(33)17(26)10-14)21(19)23(34)32(13)12-15-5-2-3-8-20(15)35-24(27,28)29/h2-10,30,33H,11-12H2,1H3. The number of fused-ring (bicyclic) bond motifs is 1. The summed E-state index contributed by atoms with van der Waals surface area (Å²) in [5.74, 6) is -0.281. The van der Waals surface area contributed by atoms with Crippen molar-refractivity contribution in [1.29, 1.82) is 0 Å². The van der Waals surface area contributed by atoms with Gasteiger partial charge in [0.1, 0.15) is 11.6 Å². The van der Waals surface area contributed by atoms with Gasteiger partial charge in [0, 0.05) is 17.8 Å². The van der Waals surface area contributed by atoms with Gasteiger partial charge in [-0.25, -0.2) is 4.98 Å². The van der Waals surface area contributed by atoms with Crippen LogP contribution in [0.3, 0.4) is 0 Å². The van der Waals surface area contributed by atoms with Gasteiger partial charge in [-0.2, -0.15) is 0 Å². The average Bonchev–Trinajstić information content (AvgIpc) is 2.78. The highest BCUT2D eigenvalue weighted by molar-refractivity contribution is 6.37. The molecule has 0 bridgehead atoms. The van der Waals surface area contributed by atoms with Crippen LogP contribution in [0.1, 0.15) is 17.0 Å². The zero-order valence-corrected chi connectivity index (χ0v) is 19.7. The fourth-order valence-corrected chi connectivity index (χ4v) is 4.19. The molecule has 0 aliphatic heterocycles. The number of nitrogens with zero attached hydrogens (tertiary/aromatic N) is 2. The molecule has 2 N–H and O–H groups in total. The van der Waals surface area contributed by atoms with Crippen LogP contribution < -0.4 is 15.6 Å². The molecule has 6 nitrogen and oxygen atoms in total. The molecular formula is C24H18Cl2F3N3O3. The van der Waals surface area contributed by atoms with E-state index in [1.54, 1.807) is 43.3 Å². The van der Waals surface area contributed by atoms with Gasteiger partial charge in [-0.05, 0) is 42.8 Å². The van der Waals surface area contributed by atoms with E-state index in [-0.39, 0.29) is 45.6 Å². The van der Waals surface area contributed by atoms with Crippen LogP contribution in [0.15, 0.2) is 59.4 Å². The Labute approximate surface area is 207 Å². The number of anilines is 1. The van der Waals surface area contributed by atoms with Gasteiger partial charge < -0.3 is 15.2 Å². The smallest absolute Gasteiger partial charge is 0.505 e. The topological polar surface area (TPSA) is 76.4 Å². The van der Waals surface area contributed by atoms with E-state index in [2.05, 4.69) is 15.0 Å². The molecule has 0 saturated heterocycles. The quantitative estimate of drug-likeness (QED) is 0.311. The Hall–Kier alpha value is -3.43. The molecule has 1 aromatic heterocycles. The molecule has 11 heteroatoms. The minimum absolute atomic E-state index is 0.0895. The summed E-state index contributed by atoms with van der Waals surface area (Å²) in [4.78, 5) is 18.0. The maximum Gasteiger partial charge on any atom is 0.573 e. The number of aromatic nitrogens is 2. The molecule has 0 unspecified atom stereocenters. The van der Waals surface area contributed by atoms with Crippen LogP contribution in [-0.2, 0) is 13.1 Å². The van der Waals surface area contributed by atoms with E-state index in [9.17, 15) is 23.1 Å². The summed E-state index contributed by atoms with van der Waals surface area (Å²) in [6.07, 6.45) is -4.87. The number of hydrogen-bond acceptors (Lipinski definition) is 5. The van der Waals surface area contributed by atoms with Gasteiger partial charge in [0.25, 0.3) is 5.56 Å². The van der Waals surface area contributed by atoms with Crippen LogP contribution in [0.2, 0.25) is 10.0 Å². The molecule has 182 valence electrons. The number of halogens is 5. The minimum atomic E-state index is -4.87. The second kappa shape index (κ2) is 9.67. The van der Waals surface area contributed by atoms with Gasteiger partial charge >= 0.3 is 6.36 Å². The number of aromatic hydroxyl groups is 1. The van der Waals surface area contributed by atoms with Gasteiger partial charge in [-0.3, -0.25) is 9.36 Å². The van der Waals surface area contributed by atoms with Crippen molar-refractivity contribution in [1.82, 2.24) is 9.55 Å². The molecule has 0 aliphatic carbocycles. The molecule has 4 aromatic rings. The van der Waals surface area contributed by atoms with Crippen molar-refractivity contribution in [2.75, 3.05) is 5.32 Å². The van der Waals surface area contributed by atoms with Crippen molar-refractivity contribution < 1.29 is 23.0 Å². The molecular weight excluding hydrogens is 506 g/mol. The number of rotatable bonds is 6. The maximum atomic E-state index is 13.5. The van der Waals surface area contributed by atoms with E-state index in [0.29, 0.717) is 22.6 Å². The highest BCUT2D eigenvalue weighted by atomic mass is 35.5. The Bertz CT molecular complexity index is 1450. The number of phenolic OH excluding ortho intramolecular Hbond substituents is 1. The summed E-state index contributed by atoms with van der Waals surface area (Å²) in [5.41, 5.74) is 1.30. The highest BCUT2D eigenvalue weighted by Crippen LogP contribution is 2.33. The van der Waals surface area contributed by atoms with Crippen molar-refractivity contribution >= 4 is 39.8 Å². The van der Waals surface area contributed by atoms with Crippen LogP contribution in [0.25, 0.3) is 10.9 Å². The zero-order chi connectivity index (χ0) is 25.3. The monoisotopic (exact) mass is 523 g/mol. The van der Waals surface area contributed by atoms with Crippen molar-refractivity contribution in [3.8, 4) is 11.5 Å². The number of aryl methyl sites for hydroxylation is 1. The van der Waals surface area contributed by atoms with E-state index in [1.165, 1.54) is 22.8 Å². The summed E-state index contributed by atoms with van der Waals surface area (Å²) in [6.45, 7) is 1.67.